The summed E-state index contributed by atoms with van der Waals surface area (Å²) in [5.41, 5.74) is 1.16. The van der Waals surface area contributed by atoms with E-state index in [0.29, 0.717) is 10.7 Å². The number of ether oxygens (including phenoxy) is 1. The average Bonchev–Trinajstić information content (AvgIpc) is 3.19. The number of hydrogen-bond acceptors (Lipinski definition) is 5. The van der Waals surface area contributed by atoms with Crippen LogP contribution < -0.4 is 5.32 Å². The number of nitrogens with zero attached hydrogens (tertiary/aromatic N) is 1. The lowest BCUT2D eigenvalue weighted by atomic mass is 10.0. The molecule has 0 aliphatic rings. The summed E-state index contributed by atoms with van der Waals surface area (Å²) in [5, 5.41) is 4.96. The number of carbonyl (C=O) groups excluding carboxylic acids is 2. The van der Waals surface area contributed by atoms with E-state index in [1.165, 1.54) is 41.7 Å². The van der Waals surface area contributed by atoms with Crippen LogP contribution >= 0.6 is 11.3 Å². The molecule has 0 fully saturated rings. The van der Waals surface area contributed by atoms with Crippen molar-refractivity contribution in [3.63, 3.8) is 0 Å². The van der Waals surface area contributed by atoms with Crippen LogP contribution in [0.2, 0.25) is 0 Å². The SMILES string of the molecule is CC(C)[C@H](NC(=O)c1ccccc1F)C(=O)OCc1csc(-c2ccc(F)cc2)n1. The van der Waals surface area contributed by atoms with Crippen LogP contribution in [0.25, 0.3) is 10.6 Å². The lowest BCUT2D eigenvalue weighted by molar-refractivity contribution is -0.148. The first-order valence-electron chi connectivity index (χ1n) is 9.27. The van der Waals surface area contributed by atoms with E-state index in [-0.39, 0.29) is 23.9 Å². The van der Waals surface area contributed by atoms with Gasteiger partial charge in [-0.2, -0.15) is 0 Å². The van der Waals surface area contributed by atoms with E-state index < -0.39 is 23.7 Å². The van der Waals surface area contributed by atoms with Crippen molar-refractivity contribution in [2.75, 3.05) is 0 Å². The molecule has 0 unspecified atom stereocenters. The van der Waals surface area contributed by atoms with Crippen LogP contribution in [0.5, 0.6) is 0 Å². The molecule has 0 saturated carbocycles. The predicted octanol–water partition coefficient (Wildman–Crippen LogP) is 4.59. The zero-order valence-electron chi connectivity index (χ0n) is 16.4. The van der Waals surface area contributed by atoms with Crippen molar-refractivity contribution in [1.29, 1.82) is 0 Å². The van der Waals surface area contributed by atoms with E-state index in [1.807, 2.05) is 0 Å². The third-order valence-electron chi connectivity index (χ3n) is 4.33. The largest absolute Gasteiger partial charge is 0.458 e. The second-order valence-electron chi connectivity index (χ2n) is 6.93. The van der Waals surface area contributed by atoms with Crippen molar-refractivity contribution in [3.05, 3.63) is 76.8 Å². The molecule has 1 N–H and O–H groups in total. The number of benzene rings is 2. The Morgan fingerprint density at radius 3 is 2.47 bits per heavy atom. The van der Waals surface area contributed by atoms with Gasteiger partial charge in [0, 0.05) is 10.9 Å². The van der Waals surface area contributed by atoms with E-state index in [2.05, 4.69) is 10.3 Å². The summed E-state index contributed by atoms with van der Waals surface area (Å²) < 4.78 is 32.2. The lowest BCUT2D eigenvalue weighted by Gasteiger charge is -2.20. The minimum atomic E-state index is -0.938. The predicted molar refractivity (Wildman–Crippen MR) is 110 cm³/mol. The van der Waals surface area contributed by atoms with Gasteiger partial charge in [0.15, 0.2) is 0 Å². The second kappa shape index (κ2) is 9.58. The lowest BCUT2D eigenvalue weighted by Crippen LogP contribution is -2.45. The van der Waals surface area contributed by atoms with Crippen molar-refractivity contribution in [3.8, 4) is 10.6 Å². The first-order chi connectivity index (χ1) is 14.3. The molecule has 0 spiro atoms. The molecular formula is C22H20F2N2O3S. The van der Waals surface area contributed by atoms with Crippen LogP contribution in [0.3, 0.4) is 0 Å². The van der Waals surface area contributed by atoms with E-state index in [9.17, 15) is 18.4 Å². The number of aromatic nitrogens is 1. The maximum absolute atomic E-state index is 13.8. The van der Waals surface area contributed by atoms with Crippen molar-refractivity contribution in [2.24, 2.45) is 5.92 Å². The molecule has 30 heavy (non-hydrogen) atoms. The molecule has 0 aliphatic carbocycles. The second-order valence-corrected chi connectivity index (χ2v) is 7.79. The number of thiazole rings is 1. The normalized spacial score (nSPS) is 11.9. The molecule has 0 aliphatic heterocycles. The Balaban J connectivity index is 1.62. The van der Waals surface area contributed by atoms with Gasteiger partial charge in [-0.15, -0.1) is 11.3 Å². The van der Waals surface area contributed by atoms with E-state index >= 15 is 0 Å². The quantitative estimate of drug-likeness (QED) is 0.557. The standard InChI is InChI=1S/C22H20F2N2O3S/c1-13(2)19(26-20(27)17-5-3-4-6-18(17)24)22(28)29-11-16-12-30-21(25-16)14-7-9-15(23)10-8-14/h3-10,12-13,19H,11H2,1-2H3,(H,26,27)/t19-/m0/s1. The summed E-state index contributed by atoms with van der Waals surface area (Å²) in [7, 11) is 0. The Labute approximate surface area is 176 Å². The van der Waals surface area contributed by atoms with Crippen LogP contribution in [-0.2, 0) is 16.1 Å². The van der Waals surface area contributed by atoms with Gasteiger partial charge in [-0.3, -0.25) is 4.79 Å². The molecule has 0 saturated heterocycles. The first kappa shape index (κ1) is 21.6. The summed E-state index contributed by atoms with van der Waals surface area (Å²) >= 11 is 1.35. The molecule has 8 heteroatoms. The molecule has 2 aromatic carbocycles. The Morgan fingerprint density at radius 2 is 1.80 bits per heavy atom. The Bertz CT molecular complexity index is 1030. The Hall–Kier alpha value is -3.13. The number of nitrogens with one attached hydrogen (secondary N) is 1. The average molecular weight is 430 g/mol. The van der Waals surface area contributed by atoms with Gasteiger partial charge >= 0.3 is 5.97 Å². The number of halogens is 2. The van der Waals surface area contributed by atoms with Crippen molar-refractivity contribution in [2.45, 2.75) is 26.5 Å². The maximum atomic E-state index is 13.8. The Kier molecular flexibility index (Phi) is 6.89. The van der Waals surface area contributed by atoms with Gasteiger partial charge in [0.2, 0.25) is 0 Å². The summed E-state index contributed by atoms with van der Waals surface area (Å²) in [6.45, 7) is 3.43. The van der Waals surface area contributed by atoms with Gasteiger partial charge in [-0.1, -0.05) is 26.0 Å². The molecule has 0 bridgehead atoms. The molecule has 156 valence electrons. The number of esters is 1. The minimum absolute atomic E-state index is 0.0741. The van der Waals surface area contributed by atoms with Crippen molar-refractivity contribution >= 4 is 23.2 Å². The third kappa shape index (κ3) is 5.27. The van der Waals surface area contributed by atoms with Crippen LogP contribution in [0.1, 0.15) is 29.9 Å². The Morgan fingerprint density at radius 1 is 1.10 bits per heavy atom. The van der Waals surface area contributed by atoms with Gasteiger partial charge in [-0.25, -0.2) is 18.6 Å². The van der Waals surface area contributed by atoms with Gasteiger partial charge < -0.3 is 10.1 Å². The minimum Gasteiger partial charge on any atom is -0.458 e. The van der Waals surface area contributed by atoms with Crippen LogP contribution in [0.4, 0.5) is 8.78 Å². The van der Waals surface area contributed by atoms with E-state index in [0.717, 1.165) is 5.56 Å². The van der Waals surface area contributed by atoms with Crippen LogP contribution in [-0.4, -0.2) is 22.9 Å². The van der Waals surface area contributed by atoms with Crippen LogP contribution in [0.15, 0.2) is 53.9 Å². The molecule has 0 radical (unpaired) electrons. The zero-order chi connectivity index (χ0) is 21.7. The highest BCUT2D eigenvalue weighted by molar-refractivity contribution is 7.13. The number of rotatable bonds is 7. The number of carbonyl (C=O) groups is 2. The monoisotopic (exact) mass is 430 g/mol. The van der Waals surface area contributed by atoms with Crippen LogP contribution in [0, 0.1) is 17.6 Å². The smallest absolute Gasteiger partial charge is 0.329 e. The van der Waals surface area contributed by atoms with Crippen molar-refractivity contribution in [1.82, 2.24) is 10.3 Å². The van der Waals surface area contributed by atoms with Gasteiger partial charge in [-0.05, 0) is 42.3 Å². The van der Waals surface area contributed by atoms with E-state index in [4.69, 9.17) is 4.74 Å². The molecule has 5 nitrogen and oxygen atoms in total. The highest BCUT2D eigenvalue weighted by atomic mass is 32.1. The third-order valence-corrected chi connectivity index (χ3v) is 5.27. The van der Waals surface area contributed by atoms with E-state index in [1.54, 1.807) is 37.4 Å². The van der Waals surface area contributed by atoms with Gasteiger partial charge in [0.25, 0.3) is 5.91 Å². The summed E-state index contributed by atoms with van der Waals surface area (Å²) in [6.07, 6.45) is 0. The number of hydrogen-bond donors (Lipinski definition) is 1. The van der Waals surface area contributed by atoms with Gasteiger partial charge in [0.1, 0.15) is 29.3 Å². The summed E-state index contributed by atoms with van der Waals surface area (Å²) in [4.78, 5) is 29.3. The number of amides is 1. The molecule has 3 rings (SSSR count). The summed E-state index contributed by atoms with van der Waals surface area (Å²) in [6, 6.07) is 10.6. The highest BCUT2D eigenvalue weighted by Crippen LogP contribution is 2.24. The summed E-state index contributed by atoms with van der Waals surface area (Å²) in [5.74, 6) is -2.58. The molecular weight excluding hydrogens is 410 g/mol. The molecule has 1 aromatic heterocycles. The molecule has 1 atom stereocenters. The maximum Gasteiger partial charge on any atom is 0.329 e. The fourth-order valence-electron chi connectivity index (χ4n) is 2.70. The molecule has 3 aromatic rings. The molecule has 1 heterocycles. The molecule has 1 amide bonds. The van der Waals surface area contributed by atoms with Crippen molar-refractivity contribution < 1.29 is 23.1 Å². The fourth-order valence-corrected chi connectivity index (χ4v) is 3.51. The zero-order valence-corrected chi connectivity index (χ0v) is 17.2. The fraction of sp³-hybridized carbons (Fsp3) is 0.227. The topological polar surface area (TPSA) is 68.3 Å². The van der Waals surface area contributed by atoms with Gasteiger partial charge in [0.05, 0.1) is 11.3 Å². The highest BCUT2D eigenvalue weighted by Gasteiger charge is 2.27. The first-order valence-corrected chi connectivity index (χ1v) is 10.2.